The number of fused-ring (bicyclic) bond motifs is 1. The Kier molecular flexibility index (Phi) is 8.44. The number of methoxy groups -OCH3 is 1. The third-order valence-electron chi connectivity index (χ3n) is 6.50. The number of nitrogens with one attached hydrogen (secondary N) is 1. The van der Waals surface area contributed by atoms with Gasteiger partial charge in [-0.15, -0.1) is 0 Å². The Morgan fingerprint density at radius 3 is 1.79 bits per heavy atom. The number of carbonyl (C=O) groups excluding carboxylic acids is 3. The first-order valence-electron chi connectivity index (χ1n) is 13.1. The number of phenolic OH excluding ortho intramolecular Hbond substituents is 1. The highest BCUT2D eigenvalue weighted by atomic mass is 16.5. The van der Waals surface area contributed by atoms with E-state index in [1.807, 2.05) is 0 Å². The lowest BCUT2D eigenvalue weighted by Gasteiger charge is -2.10. The van der Waals surface area contributed by atoms with Crippen LogP contribution in [0.4, 0.5) is 5.69 Å². The lowest BCUT2D eigenvalue weighted by atomic mass is 10.0. The number of ether oxygens (including phenoxy) is 3. The van der Waals surface area contributed by atoms with E-state index in [9.17, 15) is 19.5 Å². The molecule has 0 aliphatic carbocycles. The summed E-state index contributed by atoms with van der Waals surface area (Å²) < 4.78 is 16.3. The van der Waals surface area contributed by atoms with Crippen LogP contribution in [-0.4, -0.2) is 42.9 Å². The van der Waals surface area contributed by atoms with Crippen molar-refractivity contribution < 1.29 is 33.7 Å². The molecule has 0 atom stereocenters. The molecular weight excluding hydrogens is 534 g/mol. The quantitative estimate of drug-likeness (QED) is 0.181. The molecule has 5 aromatic carbocycles. The number of carbonyl (C=O) groups is 3. The van der Waals surface area contributed by atoms with Crippen LogP contribution in [-0.2, 0) is 0 Å². The molecule has 0 aromatic heterocycles. The van der Waals surface area contributed by atoms with Gasteiger partial charge in [-0.1, -0.05) is 30.3 Å². The molecule has 210 valence electrons. The lowest BCUT2D eigenvalue weighted by molar-refractivity contribution is 0.0919. The van der Waals surface area contributed by atoms with Gasteiger partial charge in [-0.25, -0.2) is 0 Å². The number of benzene rings is 5. The van der Waals surface area contributed by atoms with E-state index in [1.165, 1.54) is 6.07 Å². The van der Waals surface area contributed by atoms with Crippen molar-refractivity contribution >= 4 is 33.9 Å². The van der Waals surface area contributed by atoms with Crippen LogP contribution in [0.3, 0.4) is 0 Å². The highest BCUT2D eigenvalue weighted by molar-refractivity contribution is 6.06. The van der Waals surface area contributed by atoms with Crippen molar-refractivity contribution in [3.05, 3.63) is 126 Å². The largest absolute Gasteiger partial charge is 0.508 e. The molecule has 0 saturated heterocycles. The molecule has 8 heteroatoms. The zero-order valence-electron chi connectivity index (χ0n) is 22.7. The number of hydrogen-bond acceptors (Lipinski definition) is 7. The predicted octanol–water partition coefficient (Wildman–Crippen LogP) is 6.33. The van der Waals surface area contributed by atoms with Gasteiger partial charge in [0, 0.05) is 22.4 Å². The Labute approximate surface area is 242 Å². The van der Waals surface area contributed by atoms with E-state index >= 15 is 0 Å². The number of anilines is 1. The van der Waals surface area contributed by atoms with Crippen molar-refractivity contribution in [3.63, 3.8) is 0 Å². The Morgan fingerprint density at radius 2 is 1.17 bits per heavy atom. The summed E-state index contributed by atoms with van der Waals surface area (Å²) in [5, 5.41) is 14.1. The average molecular weight is 562 g/mol. The van der Waals surface area contributed by atoms with Gasteiger partial charge in [-0.05, 0) is 89.6 Å². The molecule has 5 rings (SSSR count). The van der Waals surface area contributed by atoms with E-state index in [1.54, 1.807) is 110 Å². The molecule has 2 N–H and O–H groups in total. The van der Waals surface area contributed by atoms with Gasteiger partial charge in [0.2, 0.25) is 0 Å². The summed E-state index contributed by atoms with van der Waals surface area (Å²) in [6.07, 6.45) is 0. The average Bonchev–Trinajstić information content (AvgIpc) is 3.03. The molecule has 1 amide bonds. The topological polar surface area (TPSA) is 111 Å². The fraction of sp³-hybridized carbons (Fsp3) is 0.0882. The smallest absolute Gasteiger partial charge is 0.255 e. The number of hydrogen-bond donors (Lipinski definition) is 2. The van der Waals surface area contributed by atoms with Gasteiger partial charge in [0.1, 0.15) is 23.0 Å². The summed E-state index contributed by atoms with van der Waals surface area (Å²) in [5.41, 5.74) is 1.75. The first-order valence-corrected chi connectivity index (χ1v) is 13.1. The van der Waals surface area contributed by atoms with Crippen molar-refractivity contribution in [2.24, 2.45) is 0 Å². The van der Waals surface area contributed by atoms with Crippen molar-refractivity contribution in [2.75, 3.05) is 25.6 Å². The minimum atomic E-state index is -0.289. The predicted molar refractivity (Wildman–Crippen MR) is 159 cm³/mol. The summed E-state index contributed by atoms with van der Waals surface area (Å²) in [6, 6.07) is 30.2. The van der Waals surface area contributed by atoms with Gasteiger partial charge >= 0.3 is 0 Å². The maximum Gasteiger partial charge on any atom is 0.255 e. The highest BCUT2D eigenvalue weighted by Gasteiger charge is 2.13. The zero-order chi connectivity index (χ0) is 29.5. The Morgan fingerprint density at radius 1 is 0.619 bits per heavy atom. The molecule has 0 fully saturated rings. The SMILES string of the molecule is COc1ccc(OCC(=O)c2cccc(C(=O)COc3ccc(NC(=O)c4ccc5cc(O)ccc5c4)cc3)c2)cc1. The van der Waals surface area contributed by atoms with Crippen LogP contribution >= 0.6 is 0 Å². The molecule has 0 unspecified atom stereocenters. The van der Waals surface area contributed by atoms with Gasteiger partial charge in [0.15, 0.2) is 24.8 Å². The first kappa shape index (κ1) is 27.9. The molecule has 0 radical (unpaired) electrons. The minimum absolute atomic E-state index is 0.166. The van der Waals surface area contributed by atoms with Crippen molar-refractivity contribution in [1.82, 2.24) is 0 Å². The number of amides is 1. The molecular formula is C34H27NO7. The van der Waals surface area contributed by atoms with Gasteiger partial charge in [-0.3, -0.25) is 14.4 Å². The van der Waals surface area contributed by atoms with E-state index in [4.69, 9.17) is 14.2 Å². The Bertz CT molecular complexity index is 1750. The number of Topliss-reactive ketones (excluding diaryl/α,β-unsaturated/α-hetero) is 2. The molecule has 8 nitrogen and oxygen atoms in total. The molecule has 0 aliphatic rings. The van der Waals surface area contributed by atoms with E-state index in [0.717, 1.165) is 10.8 Å². The van der Waals surface area contributed by atoms with Gasteiger partial charge in [0.25, 0.3) is 5.91 Å². The van der Waals surface area contributed by atoms with E-state index in [-0.39, 0.29) is 36.4 Å². The van der Waals surface area contributed by atoms with Crippen molar-refractivity contribution in [2.45, 2.75) is 0 Å². The second-order valence-electron chi connectivity index (χ2n) is 9.40. The van der Waals surface area contributed by atoms with E-state index in [2.05, 4.69) is 5.32 Å². The summed E-state index contributed by atoms with van der Waals surface area (Å²) in [4.78, 5) is 38.1. The van der Waals surface area contributed by atoms with Gasteiger partial charge < -0.3 is 24.6 Å². The van der Waals surface area contributed by atoms with Crippen LogP contribution in [0, 0.1) is 0 Å². The zero-order valence-corrected chi connectivity index (χ0v) is 22.7. The molecule has 0 bridgehead atoms. The van der Waals surface area contributed by atoms with Crippen LogP contribution in [0.5, 0.6) is 23.0 Å². The number of ketones is 2. The molecule has 0 aliphatic heterocycles. The molecule has 5 aromatic rings. The van der Waals surface area contributed by atoms with Crippen LogP contribution in [0.25, 0.3) is 10.8 Å². The van der Waals surface area contributed by atoms with Gasteiger partial charge in [0.05, 0.1) is 7.11 Å². The molecule has 0 saturated carbocycles. The monoisotopic (exact) mass is 561 g/mol. The fourth-order valence-electron chi connectivity index (χ4n) is 4.21. The second-order valence-corrected chi connectivity index (χ2v) is 9.40. The molecule has 0 spiro atoms. The van der Waals surface area contributed by atoms with E-state index < -0.39 is 0 Å². The Hall–Kier alpha value is -5.63. The highest BCUT2D eigenvalue weighted by Crippen LogP contribution is 2.23. The normalized spacial score (nSPS) is 10.6. The maximum absolute atomic E-state index is 12.8. The maximum atomic E-state index is 12.8. The summed E-state index contributed by atoms with van der Waals surface area (Å²) in [6.45, 7) is -0.396. The van der Waals surface area contributed by atoms with Crippen molar-refractivity contribution in [1.29, 1.82) is 0 Å². The molecule has 0 heterocycles. The number of aromatic hydroxyl groups is 1. The summed E-state index contributed by atoms with van der Waals surface area (Å²) >= 11 is 0. The number of rotatable bonds is 11. The summed E-state index contributed by atoms with van der Waals surface area (Å²) in [5.74, 6) is 1.00. The van der Waals surface area contributed by atoms with Crippen LogP contribution < -0.4 is 19.5 Å². The summed E-state index contributed by atoms with van der Waals surface area (Å²) in [7, 11) is 1.57. The van der Waals surface area contributed by atoms with Crippen LogP contribution in [0.1, 0.15) is 31.1 Å². The Balaban J connectivity index is 1.13. The fourth-order valence-corrected chi connectivity index (χ4v) is 4.21. The third-order valence-corrected chi connectivity index (χ3v) is 6.50. The standard InChI is InChI=1S/C34H27NO7/c1-40-29-13-15-31(16-14-29)42-21-33(38)25-4-2-3-24(18-25)32(37)20-41-30-11-8-27(9-12-30)35-34(39)26-6-5-23-19-28(36)10-7-22(23)17-26/h2-19,36H,20-21H2,1H3,(H,35,39). The van der Waals surface area contributed by atoms with E-state index in [0.29, 0.717) is 39.6 Å². The first-order chi connectivity index (χ1) is 20.4. The van der Waals surface area contributed by atoms with Crippen LogP contribution in [0.2, 0.25) is 0 Å². The minimum Gasteiger partial charge on any atom is -0.508 e. The van der Waals surface area contributed by atoms with Crippen molar-refractivity contribution in [3.8, 4) is 23.0 Å². The molecule has 42 heavy (non-hydrogen) atoms. The number of phenols is 1. The van der Waals surface area contributed by atoms with Gasteiger partial charge in [-0.2, -0.15) is 0 Å². The second kappa shape index (κ2) is 12.7. The third kappa shape index (κ3) is 6.92. The van der Waals surface area contributed by atoms with Crippen LogP contribution in [0.15, 0.2) is 109 Å². The lowest BCUT2D eigenvalue weighted by Crippen LogP contribution is -2.15.